The average Bonchev–Trinajstić information content (AvgIpc) is 2.16. The van der Waals surface area contributed by atoms with Gasteiger partial charge in [0, 0.05) is 23.7 Å². The van der Waals surface area contributed by atoms with E-state index in [1.54, 1.807) is 0 Å². The van der Waals surface area contributed by atoms with E-state index in [0.717, 1.165) is 25.0 Å². The van der Waals surface area contributed by atoms with Crippen molar-refractivity contribution in [1.29, 1.82) is 0 Å². The highest BCUT2D eigenvalue weighted by molar-refractivity contribution is 5.92. The minimum atomic E-state index is -0.229. The Morgan fingerprint density at radius 2 is 2.12 bits per heavy atom. The van der Waals surface area contributed by atoms with E-state index in [-0.39, 0.29) is 17.4 Å². The third-order valence-corrected chi connectivity index (χ3v) is 2.81. The molecule has 0 aromatic rings. The van der Waals surface area contributed by atoms with Gasteiger partial charge in [0.15, 0.2) is 5.78 Å². The van der Waals surface area contributed by atoms with Gasteiger partial charge >= 0.3 is 6.03 Å². The van der Waals surface area contributed by atoms with Gasteiger partial charge in [-0.3, -0.25) is 4.79 Å². The third-order valence-electron chi connectivity index (χ3n) is 2.81. The third kappa shape index (κ3) is 4.04. The topological polar surface area (TPSA) is 58.2 Å². The van der Waals surface area contributed by atoms with Crippen molar-refractivity contribution < 1.29 is 9.59 Å². The Morgan fingerprint density at radius 3 is 2.69 bits per heavy atom. The van der Waals surface area contributed by atoms with E-state index in [4.69, 9.17) is 0 Å². The molecular weight excluding hydrogens is 204 g/mol. The maximum atomic E-state index is 11.6. The van der Waals surface area contributed by atoms with Crippen molar-refractivity contribution in [2.24, 2.45) is 0 Å². The number of nitrogens with one attached hydrogen (secondary N) is 2. The number of urea groups is 1. The zero-order valence-corrected chi connectivity index (χ0v) is 10.2. The second-order valence-corrected chi connectivity index (χ2v) is 4.81. The maximum Gasteiger partial charge on any atom is 0.319 e. The smallest absolute Gasteiger partial charge is 0.319 e. The zero-order valence-electron chi connectivity index (χ0n) is 10.2. The van der Waals surface area contributed by atoms with E-state index in [9.17, 15) is 9.59 Å². The fourth-order valence-corrected chi connectivity index (χ4v) is 1.46. The molecule has 0 spiro atoms. The summed E-state index contributed by atoms with van der Waals surface area (Å²) in [6, 6.07) is -0.229. The molecule has 0 heterocycles. The first-order valence-corrected chi connectivity index (χ1v) is 5.75. The number of carbonyl (C=O) groups excluding carboxylic acids is 2. The van der Waals surface area contributed by atoms with Crippen molar-refractivity contribution >= 4 is 11.8 Å². The fraction of sp³-hybridized carbons (Fsp3) is 0.667. The van der Waals surface area contributed by atoms with Crippen LogP contribution in [0.1, 0.15) is 46.5 Å². The van der Waals surface area contributed by atoms with Gasteiger partial charge in [-0.15, -0.1) is 0 Å². The van der Waals surface area contributed by atoms with Gasteiger partial charge in [-0.25, -0.2) is 4.79 Å². The van der Waals surface area contributed by atoms with Crippen LogP contribution in [0.15, 0.2) is 11.8 Å². The van der Waals surface area contributed by atoms with Crippen LogP contribution in [-0.4, -0.2) is 17.4 Å². The number of rotatable bonds is 3. The Bertz CT molecular complexity index is 319. The van der Waals surface area contributed by atoms with Gasteiger partial charge in [-0.1, -0.05) is 6.92 Å². The van der Waals surface area contributed by atoms with Crippen molar-refractivity contribution in [2.75, 3.05) is 0 Å². The lowest BCUT2D eigenvalue weighted by Gasteiger charge is -2.25. The number of amides is 2. The summed E-state index contributed by atoms with van der Waals surface area (Å²) in [4.78, 5) is 22.8. The summed E-state index contributed by atoms with van der Waals surface area (Å²) in [6.07, 6.45) is 4.57. The summed E-state index contributed by atoms with van der Waals surface area (Å²) in [6.45, 7) is 5.95. The van der Waals surface area contributed by atoms with Crippen molar-refractivity contribution in [3.8, 4) is 0 Å². The molecule has 2 N–H and O–H groups in total. The molecule has 1 rings (SSSR count). The highest BCUT2D eigenvalue weighted by Gasteiger charge is 2.19. The number of carbonyl (C=O) groups is 2. The van der Waals surface area contributed by atoms with Gasteiger partial charge in [-0.2, -0.15) is 0 Å². The lowest BCUT2D eigenvalue weighted by Crippen LogP contribution is -2.47. The average molecular weight is 224 g/mol. The van der Waals surface area contributed by atoms with Crippen LogP contribution in [0, 0.1) is 0 Å². The largest absolute Gasteiger partial charge is 0.333 e. The highest BCUT2D eigenvalue weighted by Crippen LogP contribution is 2.13. The minimum absolute atomic E-state index is 0.0938. The van der Waals surface area contributed by atoms with Crippen molar-refractivity contribution in [2.45, 2.75) is 52.0 Å². The van der Waals surface area contributed by atoms with E-state index >= 15 is 0 Å². The van der Waals surface area contributed by atoms with Crippen LogP contribution < -0.4 is 10.6 Å². The maximum absolute atomic E-state index is 11.6. The van der Waals surface area contributed by atoms with Crippen LogP contribution in [-0.2, 0) is 4.79 Å². The normalized spacial score (nSPS) is 16.7. The van der Waals surface area contributed by atoms with Gasteiger partial charge < -0.3 is 10.6 Å². The minimum Gasteiger partial charge on any atom is -0.333 e. The predicted molar refractivity (Wildman–Crippen MR) is 63.0 cm³/mol. The summed E-state index contributed by atoms with van der Waals surface area (Å²) < 4.78 is 0. The Balaban J connectivity index is 2.49. The Labute approximate surface area is 96.5 Å². The molecule has 0 bridgehead atoms. The van der Waals surface area contributed by atoms with Crippen molar-refractivity contribution in [1.82, 2.24) is 10.6 Å². The van der Waals surface area contributed by atoms with Crippen molar-refractivity contribution in [3.05, 3.63) is 11.8 Å². The molecule has 1 aliphatic carbocycles. The molecule has 0 aromatic carbocycles. The SMILES string of the molecule is CCC(C)(C)NC(=O)NC1=CC(=O)CCC1. The van der Waals surface area contributed by atoms with Crippen LogP contribution >= 0.6 is 0 Å². The summed E-state index contributed by atoms with van der Waals surface area (Å²) in [7, 11) is 0. The van der Waals surface area contributed by atoms with Crippen LogP contribution in [0.25, 0.3) is 0 Å². The molecule has 4 nitrogen and oxygen atoms in total. The molecule has 4 heteroatoms. The number of allylic oxidation sites excluding steroid dienone is 2. The van der Waals surface area contributed by atoms with Crippen LogP contribution in [0.3, 0.4) is 0 Å². The fourth-order valence-electron chi connectivity index (χ4n) is 1.46. The molecule has 0 saturated heterocycles. The predicted octanol–water partition coefficient (Wildman–Crippen LogP) is 2.11. The molecule has 2 amide bonds. The number of hydrogen-bond acceptors (Lipinski definition) is 2. The molecule has 0 radical (unpaired) electrons. The molecule has 0 aliphatic heterocycles. The Morgan fingerprint density at radius 1 is 1.44 bits per heavy atom. The van der Waals surface area contributed by atoms with E-state index < -0.39 is 0 Å². The van der Waals surface area contributed by atoms with Gasteiger partial charge in [-0.05, 0) is 33.1 Å². The molecule has 90 valence electrons. The van der Waals surface area contributed by atoms with E-state index in [1.807, 2.05) is 20.8 Å². The monoisotopic (exact) mass is 224 g/mol. The summed E-state index contributed by atoms with van der Waals surface area (Å²) >= 11 is 0. The molecule has 16 heavy (non-hydrogen) atoms. The lowest BCUT2D eigenvalue weighted by atomic mass is 10.0. The number of ketones is 1. The Kier molecular flexibility index (Phi) is 4.10. The first-order valence-electron chi connectivity index (χ1n) is 5.75. The molecular formula is C12H20N2O2. The number of hydrogen-bond donors (Lipinski definition) is 2. The van der Waals surface area contributed by atoms with Crippen LogP contribution in [0.4, 0.5) is 4.79 Å². The molecule has 1 aliphatic rings. The van der Waals surface area contributed by atoms with Crippen LogP contribution in [0.5, 0.6) is 0 Å². The van der Waals surface area contributed by atoms with Gasteiger partial charge in [0.05, 0.1) is 0 Å². The summed E-state index contributed by atoms with van der Waals surface area (Å²) in [5, 5.41) is 5.60. The molecule has 0 aromatic heterocycles. The van der Waals surface area contributed by atoms with Gasteiger partial charge in [0.25, 0.3) is 0 Å². The van der Waals surface area contributed by atoms with E-state index in [1.165, 1.54) is 6.08 Å². The lowest BCUT2D eigenvalue weighted by molar-refractivity contribution is -0.115. The molecule has 0 atom stereocenters. The standard InChI is InChI=1S/C12H20N2O2/c1-4-12(2,3)14-11(16)13-9-6-5-7-10(15)8-9/h8H,4-7H2,1-3H3,(H2,13,14,16). The van der Waals surface area contributed by atoms with E-state index in [0.29, 0.717) is 6.42 Å². The molecule has 0 saturated carbocycles. The highest BCUT2D eigenvalue weighted by atomic mass is 16.2. The molecule has 0 unspecified atom stereocenters. The Hall–Kier alpha value is -1.32. The van der Waals surface area contributed by atoms with E-state index in [2.05, 4.69) is 10.6 Å². The first-order chi connectivity index (χ1) is 7.43. The summed E-state index contributed by atoms with van der Waals surface area (Å²) in [5.41, 5.74) is 0.504. The van der Waals surface area contributed by atoms with Gasteiger partial charge in [0.2, 0.25) is 0 Å². The second-order valence-electron chi connectivity index (χ2n) is 4.81. The zero-order chi connectivity index (χ0) is 12.2. The van der Waals surface area contributed by atoms with Crippen LogP contribution in [0.2, 0.25) is 0 Å². The second kappa shape index (κ2) is 5.14. The van der Waals surface area contributed by atoms with Crippen molar-refractivity contribution in [3.63, 3.8) is 0 Å². The quantitative estimate of drug-likeness (QED) is 0.771. The first kappa shape index (κ1) is 12.7. The molecule has 0 fully saturated rings. The summed E-state index contributed by atoms with van der Waals surface area (Å²) in [5.74, 6) is 0.0938. The van der Waals surface area contributed by atoms with Gasteiger partial charge in [0.1, 0.15) is 0 Å².